The quantitative estimate of drug-likeness (QED) is 0.431. The molecule has 5 nitrogen and oxygen atoms in total. The fraction of sp³-hybridized carbons (Fsp3) is 0.500. The molecule has 11 heavy (non-hydrogen) atoms. The van der Waals surface area contributed by atoms with Gasteiger partial charge in [-0.25, -0.2) is 9.59 Å². The minimum atomic E-state index is -0.821. The van der Waals surface area contributed by atoms with Gasteiger partial charge in [0.2, 0.25) is 0 Å². The molecule has 0 aromatic carbocycles. The van der Waals surface area contributed by atoms with Gasteiger partial charge in [0.15, 0.2) is 0 Å². The van der Waals surface area contributed by atoms with Crippen LogP contribution < -0.4 is 0 Å². The van der Waals surface area contributed by atoms with Crippen molar-refractivity contribution in [2.24, 2.45) is 4.99 Å². The van der Waals surface area contributed by atoms with Crippen LogP contribution in [0, 0.1) is 0 Å². The number of esters is 1. The predicted octanol–water partition coefficient (Wildman–Crippen LogP) is 0.387. The summed E-state index contributed by atoms with van der Waals surface area (Å²) in [5, 5.41) is 0. The number of ether oxygens (including phenoxy) is 2. The van der Waals surface area contributed by atoms with Gasteiger partial charge < -0.3 is 9.47 Å². The van der Waals surface area contributed by atoms with E-state index < -0.39 is 12.1 Å². The second-order valence-electron chi connectivity index (χ2n) is 1.48. The lowest BCUT2D eigenvalue weighted by Crippen LogP contribution is -2.06. The van der Waals surface area contributed by atoms with Crippen molar-refractivity contribution < 1.29 is 19.1 Å². The molecule has 0 aliphatic heterocycles. The van der Waals surface area contributed by atoms with Crippen LogP contribution in [0.25, 0.3) is 0 Å². The lowest BCUT2D eigenvalue weighted by atomic mass is 10.7. The third kappa shape index (κ3) is 5.07. The summed E-state index contributed by atoms with van der Waals surface area (Å²) in [5.74, 6) is -0.655. The lowest BCUT2D eigenvalue weighted by molar-refractivity contribution is -0.134. The van der Waals surface area contributed by atoms with Crippen molar-refractivity contribution in [2.45, 2.75) is 6.92 Å². The first-order chi connectivity index (χ1) is 5.20. The molecule has 0 heterocycles. The van der Waals surface area contributed by atoms with Crippen molar-refractivity contribution in [3.8, 4) is 0 Å². The van der Waals surface area contributed by atoms with E-state index in [-0.39, 0.29) is 6.61 Å². The Balaban J connectivity index is 3.73. The summed E-state index contributed by atoms with van der Waals surface area (Å²) < 4.78 is 8.57. The summed E-state index contributed by atoms with van der Waals surface area (Å²) in [6.45, 7) is 1.91. The van der Waals surface area contributed by atoms with Gasteiger partial charge in [-0.2, -0.15) is 4.99 Å². The van der Waals surface area contributed by atoms with Crippen LogP contribution in [-0.2, 0) is 14.3 Å². The third-order valence-corrected chi connectivity index (χ3v) is 0.737. The van der Waals surface area contributed by atoms with Crippen LogP contribution in [0.5, 0.6) is 0 Å². The van der Waals surface area contributed by atoms with Crippen molar-refractivity contribution >= 4 is 18.3 Å². The predicted molar refractivity (Wildman–Crippen MR) is 37.5 cm³/mol. The maximum absolute atomic E-state index is 10.5. The van der Waals surface area contributed by atoms with Gasteiger partial charge >= 0.3 is 12.1 Å². The highest BCUT2D eigenvalue weighted by molar-refractivity contribution is 6.24. The summed E-state index contributed by atoms with van der Waals surface area (Å²) in [5.41, 5.74) is 0. The zero-order valence-corrected chi connectivity index (χ0v) is 6.36. The lowest BCUT2D eigenvalue weighted by Gasteiger charge is -1.92. The molecule has 0 saturated heterocycles. The number of rotatable bonds is 2. The van der Waals surface area contributed by atoms with Crippen molar-refractivity contribution in [1.29, 1.82) is 0 Å². The Morgan fingerprint density at radius 3 is 2.64 bits per heavy atom. The van der Waals surface area contributed by atoms with E-state index in [1.54, 1.807) is 6.92 Å². The van der Waals surface area contributed by atoms with Gasteiger partial charge in [-0.1, -0.05) is 0 Å². The molecular weight excluding hydrogens is 150 g/mol. The molecular formula is C6H9NO4. The van der Waals surface area contributed by atoms with Crippen molar-refractivity contribution in [3.63, 3.8) is 0 Å². The zero-order valence-electron chi connectivity index (χ0n) is 6.36. The van der Waals surface area contributed by atoms with Crippen LogP contribution >= 0.6 is 0 Å². The number of hydrogen-bond acceptors (Lipinski definition) is 4. The topological polar surface area (TPSA) is 65.0 Å². The first kappa shape index (κ1) is 9.61. The number of aliphatic imine (C=N–C) groups is 1. The summed E-state index contributed by atoms with van der Waals surface area (Å²) in [4.78, 5) is 23.9. The van der Waals surface area contributed by atoms with Gasteiger partial charge in [-0.05, 0) is 6.92 Å². The van der Waals surface area contributed by atoms with E-state index in [2.05, 4.69) is 14.5 Å². The van der Waals surface area contributed by atoms with E-state index in [4.69, 9.17) is 0 Å². The average molecular weight is 159 g/mol. The summed E-state index contributed by atoms with van der Waals surface area (Å²) in [6.07, 6.45) is -0.0481. The number of carbonyl (C=O) groups is 2. The van der Waals surface area contributed by atoms with E-state index in [9.17, 15) is 9.59 Å². The molecule has 0 fully saturated rings. The number of carbonyl (C=O) groups excluding carboxylic acids is 2. The van der Waals surface area contributed by atoms with E-state index in [1.165, 1.54) is 7.11 Å². The van der Waals surface area contributed by atoms with E-state index >= 15 is 0 Å². The third-order valence-electron chi connectivity index (χ3n) is 0.737. The fourth-order valence-electron chi connectivity index (χ4n) is 0.338. The van der Waals surface area contributed by atoms with Crippen molar-refractivity contribution in [3.05, 3.63) is 0 Å². The molecule has 0 bridgehead atoms. The normalized spacial score (nSPS) is 9.64. The van der Waals surface area contributed by atoms with Crippen LogP contribution in [0.2, 0.25) is 0 Å². The molecule has 62 valence electrons. The van der Waals surface area contributed by atoms with Crippen LogP contribution in [0.4, 0.5) is 4.79 Å². The summed E-state index contributed by atoms with van der Waals surface area (Å²) in [7, 11) is 1.17. The second kappa shape index (κ2) is 5.40. The molecule has 0 spiro atoms. The molecule has 0 saturated carbocycles. The number of methoxy groups -OCH3 is 1. The minimum absolute atomic E-state index is 0.256. The van der Waals surface area contributed by atoms with Crippen LogP contribution in [0.1, 0.15) is 6.92 Å². The van der Waals surface area contributed by atoms with Gasteiger partial charge in [0.05, 0.1) is 13.7 Å². The number of amides is 1. The zero-order chi connectivity index (χ0) is 8.69. The molecule has 5 heteroatoms. The van der Waals surface area contributed by atoms with Gasteiger partial charge in [0, 0.05) is 0 Å². The SMILES string of the molecule is CCOC(=O)/C=N\C(=O)OC. The highest BCUT2D eigenvalue weighted by Crippen LogP contribution is 1.79. The maximum Gasteiger partial charge on any atom is 0.433 e. The second-order valence-corrected chi connectivity index (χ2v) is 1.48. The Morgan fingerprint density at radius 2 is 2.18 bits per heavy atom. The van der Waals surface area contributed by atoms with Gasteiger partial charge in [0.25, 0.3) is 0 Å². The molecule has 0 radical (unpaired) electrons. The molecule has 0 aliphatic carbocycles. The van der Waals surface area contributed by atoms with Crippen molar-refractivity contribution in [2.75, 3.05) is 13.7 Å². The highest BCUT2D eigenvalue weighted by atomic mass is 16.5. The number of nitrogens with zero attached hydrogens (tertiary/aromatic N) is 1. The Kier molecular flexibility index (Phi) is 4.72. The average Bonchev–Trinajstić information content (AvgIpc) is 2.01. The molecule has 0 atom stereocenters. The van der Waals surface area contributed by atoms with Crippen LogP contribution in [0.15, 0.2) is 4.99 Å². The van der Waals surface area contributed by atoms with E-state index in [0.29, 0.717) is 0 Å². The molecule has 0 unspecified atom stereocenters. The molecule has 0 aromatic heterocycles. The van der Waals surface area contributed by atoms with Crippen molar-refractivity contribution in [1.82, 2.24) is 0 Å². The highest BCUT2D eigenvalue weighted by Gasteiger charge is 1.97. The summed E-state index contributed by atoms with van der Waals surface area (Å²) >= 11 is 0. The van der Waals surface area contributed by atoms with Crippen LogP contribution in [-0.4, -0.2) is 32.0 Å². The van der Waals surface area contributed by atoms with Gasteiger partial charge in [-0.15, -0.1) is 0 Å². The van der Waals surface area contributed by atoms with E-state index in [0.717, 1.165) is 6.21 Å². The van der Waals surface area contributed by atoms with Crippen LogP contribution in [0.3, 0.4) is 0 Å². The molecule has 0 N–H and O–H groups in total. The Bertz CT molecular complexity index is 175. The van der Waals surface area contributed by atoms with E-state index in [1.807, 2.05) is 0 Å². The molecule has 0 rings (SSSR count). The van der Waals surface area contributed by atoms with Gasteiger partial charge in [0.1, 0.15) is 6.21 Å². The summed E-state index contributed by atoms with van der Waals surface area (Å²) in [6, 6.07) is 0. The maximum atomic E-state index is 10.5. The first-order valence-electron chi connectivity index (χ1n) is 2.99. The Morgan fingerprint density at radius 1 is 1.55 bits per heavy atom. The molecule has 0 aromatic rings. The Hall–Kier alpha value is -1.39. The molecule has 0 aliphatic rings. The first-order valence-corrected chi connectivity index (χ1v) is 2.99. The smallest absolute Gasteiger partial charge is 0.433 e. The Labute approximate surface area is 64.0 Å². The minimum Gasteiger partial charge on any atom is -0.462 e. The molecule has 1 amide bonds. The fourth-order valence-corrected chi connectivity index (χ4v) is 0.338. The number of hydrogen-bond donors (Lipinski definition) is 0. The monoisotopic (exact) mass is 159 g/mol. The van der Waals surface area contributed by atoms with Gasteiger partial charge in [-0.3, -0.25) is 0 Å². The largest absolute Gasteiger partial charge is 0.462 e. The standard InChI is InChI=1S/C6H9NO4/c1-3-11-5(8)4-7-6(9)10-2/h4H,3H2,1-2H3/b7-4-.